The lowest BCUT2D eigenvalue weighted by Gasteiger charge is -2.19. The Morgan fingerprint density at radius 2 is 1.78 bits per heavy atom. The van der Waals surface area contributed by atoms with Gasteiger partial charge in [0.15, 0.2) is 0 Å². The van der Waals surface area contributed by atoms with Gasteiger partial charge in [-0.25, -0.2) is 14.4 Å². The molecule has 7 heteroatoms. The van der Waals surface area contributed by atoms with Gasteiger partial charge in [-0.2, -0.15) is 5.10 Å². The molecule has 1 aromatic carbocycles. The van der Waals surface area contributed by atoms with Gasteiger partial charge in [0.05, 0.1) is 23.2 Å². The second-order valence-electron chi connectivity index (χ2n) is 7.59. The third-order valence-corrected chi connectivity index (χ3v) is 5.87. The molecule has 2 unspecified atom stereocenters. The SMILES string of the molecule is O=C1C2CC2C(=O)N1c1cc(Cc2n[nH]c(=O)c3c2CCCC3)ccc1F. The average molecular weight is 367 g/mol. The highest BCUT2D eigenvalue weighted by molar-refractivity contribution is 6.24. The van der Waals surface area contributed by atoms with Crippen LogP contribution in [0.1, 0.15) is 41.6 Å². The number of halogens is 1. The van der Waals surface area contributed by atoms with E-state index in [2.05, 4.69) is 10.2 Å². The number of hydrogen-bond acceptors (Lipinski definition) is 4. The highest BCUT2D eigenvalue weighted by Crippen LogP contribution is 2.48. The molecule has 6 nitrogen and oxygen atoms in total. The first-order valence-corrected chi connectivity index (χ1v) is 9.30. The fourth-order valence-electron chi connectivity index (χ4n) is 4.33. The first-order chi connectivity index (χ1) is 13.0. The van der Waals surface area contributed by atoms with E-state index in [4.69, 9.17) is 0 Å². The van der Waals surface area contributed by atoms with E-state index < -0.39 is 5.82 Å². The van der Waals surface area contributed by atoms with E-state index in [1.54, 1.807) is 12.1 Å². The standard InChI is InChI=1S/C20H18FN3O3/c21-15-6-5-10(8-17(15)24-19(26)13-9-14(13)20(24)27)7-16-11-3-1-2-4-12(11)18(25)23-22-16/h5-6,8,13-14H,1-4,7,9H2,(H,23,25). The summed E-state index contributed by atoms with van der Waals surface area (Å²) in [4.78, 5) is 37.6. The number of nitrogens with zero attached hydrogens (tertiary/aromatic N) is 2. The maximum absolute atomic E-state index is 14.4. The quantitative estimate of drug-likeness (QED) is 0.840. The molecule has 0 bridgehead atoms. The van der Waals surface area contributed by atoms with Crippen LogP contribution >= 0.6 is 0 Å². The highest BCUT2D eigenvalue weighted by atomic mass is 19.1. The molecule has 1 N–H and O–H groups in total. The highest BCUT2D eigenvalue weighted by Gasteiger charge is 2.59. The molecule has 27 heavy (non-hydrogen) atoms. The predicted molar refractivity (Wildman–Crippen MR) is 94.8 cm³/mol. The average Bonchev–Trinajstić information content (AvgIpc) is 3.43. The minimum absolute atomic E-state index is 0.0213. The molecule has 5 rings (SSSR count). The van der Waals surface area contributed by atoms with E-state index in [1.807, 2.05) is 0 Å². The molecule has 1 aliphatic heterocycles. The Balaban J connectivity index is 1.50. The number of hydrogen-bond donors (Lipinski definition) is 1. The summed E-state index contributed by atoms with van der Waals surface area (Å²) in [5, 5.41) is 6.76. The van der Waals surface area contributed by atoms with Crippen molar-refractivity contribution in [1.29, 1.82) is 0 Å². The van der Waals surface area contributed by atoms with E-state index in [-0.39, 0.29) is 34.9 Å². The normalized spacial score (nSPS) is 23.4. The molecule has 2 fully saturated rings. The van der Waals surface area contributed by atoms with Gasteiger partial charge in [-0.15, -0.1) is 0 Å². The molecule has 0 spiro atoms. The molecule has 0 radical (unpaired) electrons. The molecular formula is C20H18FN3O3. The number of aromatic nitrogens is 2. The summed E-state index contributed by atoms with van der Waals surface area (Å²) in [7, 11) is 0. The Kier molecular flexibility index (Phi) is 3.54. The first-order valence-electron chi connectivity index (χ1n) is 9.30. The van der Waals surface area contributed by atoms with Crippen LogP contribution in [0.5, 0.6) is 0 Å². The minimum atomic E-state index is -0.585. The number of imide groups is 1. The third kappa shape index (κ3) is 2.52. The molecule has 2 atom stereocenters. The van der Waals surface area contributed by atoms with Crippen LogP contribution < -0.4 is 10.5 Å². The molecule has 2 aliphatic carbocycles. The topological polar surface area (TPSA) is 83.1 Å². The molecule has 1 saturated carbocycles. The van der Waals surface area contributed by atoms with E-state index in [0.29, 0.717) is 12.8 Å². The second-order valence-corrected chi connectivity index (χ2v) is 7.59. The van der Waals surface area contributed by atoms with E-state index in [1.165, 1.54) is 6.07 Å². The summed E-state index contributed by atoms with van der Waals surface area (Å²) < 4.78 is 14.4. The monoisotopic (exact) mass is 367 g/mol. The van der Waals surface area contributed by atoms with Crippen molar-refractivity contribution in [2.45, 2.75) is 38.5 Å². The van der Waals surface area contributed by atoms with Gasteiger partial charge >= 0.3 is 0 Å². The number of carbonyl (C=O) groups excluding carboxylic acids is 2. The fourth-order valence-corrected chi connectivity index (χ4v) is 4.33. The molecule has 2 aromatic rings. The second kappa shape index (κ2) is 5.84. The van der Waals surface area contributed by atoms with Crippen LogP contribution in [-0.2, 0) is 28.9 Å². The van der Waals surface area contributed by atoms with Crippen molar-refractivity contribution in [3.8, 4) is 0 Å². The lowest BCUT2D eigenvalue weighted by molar-refractivity contribution is -0.123. The summed E-state index contributed by atoms with van der Waals surface area (Å²) in [6, 6.07) is 4.47. The van der Waals surface area contributed by atoms with Crippen LogP contribution in [0.4, 0.5) is 10.1 Å². The van der Waals surface area contributed by atoms with Crippen molar-refractivity contribution in [3.05, 3.63) is 56.8 Å². The Morgan fingerprint density at radius 3 is 2.52 bits per heavy atom. The first kappa shape index (κ1) is 16.4. The van der Waals surface area contributed by atoms with Gasteiger partial charge in [-0.3, -0.25) is 14.4 Å². The zero-order chi connectivity index (χ0) is 18.7. The Bertz CT molecular complexity index is 1030. The molecule has 1 aromatic heterocycles. The van der Waals surface area contributed by atoms with E-state index in [0.717, 1.165) is 53.0 Å². The fraction of sp³-hybridized carbons (Fsp3) is 0.400. The van der Waals surface area contributed by atoms with Crippen molar-refractivity contribution in [3.63, 3.8) is 0 Å². The molecule has 138 valence electrons. The summed E-state index contributed by atoms with van der Waals surface area (Å²) in [5.74, 6) is -1.73. The number of rotatable bonds is 3. The molecule has 1 saturated heterocycles. The van der Waals surface area contributed by atoms with Crippen LogP contribution in [0.25, 0.3) is 0 Å². The molecule has 2 heterocycles. The van der Waals surface area contributed by atoms with Crippen molar-refractivity contribution in [2.24, 2.45) is 11.8 Å². The van der Waals surface area contributed by atoms with Crippen molar-refractivity contribution >= 4 is 17.5 Å². The maximum Gasteiger partial charge on any atom is 0.267 e. The van der Waals surface area contributed by atoms with E-state index in [9.17, 15) is 18.8 Å². The number of carbonyl (C=O) groups is 2. The number of piperidine rings is 1. The van der Waals surface area contributed by atoms with Crippen LogP contribution in [0.15, 0.2) is 23.0 Å². The zero-order valence-corrected chi connectivity index (χ0v) is 14.6. The third-order valence-electron chi connectivity index (χ3n) is 5.87. The summed E-state index contributed by atoms with van der Waals surface area (Å²) in [6.45, 7) is 0. The van der Waals surface area contributed by atoms with Gasteiger partial charge in [-0.1, -0.05) is 6.07 Å². The largest absolute Gasteiger partial charge is 0.274 e. The predicted octanol–water partition coefficient (Wildman–Crippen LogP) is 1.89. The van der Waals surface area contributed by atoms with Crippen LogP contribution in [-0.4, -0.2) is 22.0 Å². The zero-order valence-electron chi connectivity index (χ0n) is 14.6. The summed E-state index contributed by atoms with van der Waals surface area (Å²) >= 11 is 0. The van der Waals surface area contributed by atoms with Gasteiger partial charge in [0.25, 0.3) is 5.56 Å². The molecular weight excluding hydrogens is 349 g/mol. The molecule has 2 amide bonds. The molecule has 3 aliphatic rings. The van der Waals surface area contributed by atoms with Crippen LogP contribution in [0.2, 0.25) is 0 Å². The summed E-state index contributed by atoms with van der Waals surface area (Å²) in [6.07, 6.45) is 4.55. The van der Waals surface area contributed by atoms with Gasteiger partial charge < -0.3 is 0 Å². The van der Waals surface area contributed by atoms with Crippen molar-refractivity contribution < 1.29 is 14.0 Å². The number of fused-ring (bicyclic) bond motifs is 2. The number of H-pyrrole nitrogens is 1. The van der Waals surface area contributed by atoms with E-state index >= 15 is 0 Å². The Hall–Kier alpha value is -2.83. The van der Waals surface area contributed by atoms with Crippen molar-refractivity contribution in [1.82, 2.24) is 10.2 Å². The van der Waals surface area contributed by atoms with Gasteiger partial charge in [0, 0.05) is 12.0 Å². The van der Waals surface area contributed by atoms with Crippen molar-refractivity contribution in [2.75, 3.05) is 4.90 Å². The Morgan fingerprint density at radius 1 is 1.07 bits per heavy atom. The number of benzene rings is 1. The van der Waals surface area contributed by atoms with Gasteiger partial charge in [0.2, 0.25) is 11.8 Å². The van der Waals surface area contributed by atoms with Gasteiger partial charge in [0.1, 0.15) is 5.82 Å². The number of aromatic amines is 1. The lowest BCUT2D eigenvalue weighted by Crippen LogP contribution is -2.33. The minimum Gasteiger partial charge on any atom is -0.274 e. The maximum atomic E-state index is 14.4. The lowest BCUT2D eigenvalue weighted by atomic mass is 9.90. The summed E-state index contributed by atoms with van der Waals surface area (Å²) in [5.41, 5.74) is 3.17. The Labute approximate surface area is 154 Å². The van der Waals surface area contributed by atoms with Crippen LogP contribution in [0.3, 0.4) is 0 Å². The number of nitrogens with one attached hydrogen (secondary N) is 1. The number of amides is 2. The number of anilines is 1. The van der Waals surface area contributed by atoms with Crippen LogP contribution in [0, 0.1) is 17.7 Å². The van der Waals surface area contributed by atoms with Gasteiger partial charge in [-0.05, 0) is 55.4 Å². The smallest absolute Gasteiger partial charge is 0.267 e.